The van der Waals surface area contributed by atoms with Gasteiger partial charge in [-0.05, 0) is 47.5 Å². The van der Waals surface area contributed by atoms with Gasteiger partial charge in [0.1, 0.15) is 0 Å². The number of halogens is 1. The predicted octanol–water partition coefficient (Wildman–Crippen LogP) is 2.96. The summed E-state index contributed by atoms with van der Waals surface area (Å²) in [6, 6.07) is 5.83. The van der Waals surface area contributed by atoms with Gasteiger partial charge < -0.3 is 10.0 Å². The highest BCUT2D eigenvalue weighted by atomic mass is 79.9. The lowest BCUT2D eigenvalue weighted by Crippen LogP contribution is -2.23. The number of rotatable bonds is 4. The van der Waals surface area contributed by atoms with Crippen molar-refractivity contribution in [2.75, 3.05) is 18.0 Å². The summed E-state index contributed by atoms with van der Waals surface area (Å²) in [5, 5.41) is 9.47. The molecule has 0 aromatic heterocycles. The summed E-state index contributed by atoms with van der Waals surface area (Å²) in [5.74, 6) is 2.64. The van der Waals surface area contributed by atoms with Crippen LogP contribution in [-0.2, 0) is 0 Å². The standard InChI is InChI=1S/C13H16BrNO/c1-4-8-15(5-2)13-7-6-11(10(3)16)9-12(13)14/h1,6-7,9-10,16H,5,8H2,2-3H3. The van der Waals surface area contributed by atoms with Gasteiger partial charge in [-0.1, -0.05) is 12.0 Å². The molecule has 0 amide bonds. The second-order valence-electron chi connectivity index (χ2n) is 3.61. The Labute approximate surface area is 105 Å². The molecule has 1 rings (SSSR count). The normalized spacial score (nSPS) is 11.9. The minimum atomic E-state index is -0.451. The Hall–Kier alpha value is -0.980. The van der Waals surface area contributed by atoms with E-state index in [1.165, 1.54) is 0 Å². The second kappa shape index (κ2) is 5.93. The summed E-state index contributed by atoms with van der Waals surface area (Å²) < 4.78 is 0.961. The van der Waals surface area contributed by atoms with E-state index in [-0.39, 0.29) is 0 Å². The van der Waals surface area contributed by atoms with Crippen LogP contribution in [0.25, 0.3) is 0 Å². The predicted molar refractivity (Wildman–Crippen MR) is 71.5 cm³/mol. The summed E-state index contributed by atoms with van der Waals surface area (Å²) >= 11 is 3.51. The fourth-order valence-corrected chi connectivity index (χ4v) is 2.16. The Morgan fingerprint density at radius 3 is 2.69 bits per heavy atom. The molecule has 2 nitrogen and oxygen atoms in total. The third-order valence-corrected chi connectivity index (χ3v) is 3.09. The van der Waals surface area contributed by atoms with Crippen molar-refractivity contribution in [3.8, 4) is 12.3 Å². The number of benzene rings is 1. The number of aliphatic hydroxyl groups is 1. The van der Waals surface area contributed by atoms with Crippen LogP contribution in [0.5, 0.6) is 0 Å². The lowest BCUT2D eigenvalue weighted by atomic mass is 10.1. The molecular formula is C13H16BrNO. The van der Waals surface area contributed by atoms with Gasteiger partial charge in [0, 0.05) is 11.0 Å². The van der Waals surface area contributed by atoms with Crippen LogP contribution in [0.3, 0.4) is 0 Å². The molecule has 0 radical (unpaired) electrons. The van der Waals surface area contributed by atoms with Crippen molar-refractivity contribution in [3.05, 3.63) is 28.2 Å². The minimum Gasteiger partial charge on any atom is -0.389 e. The Morgan fingerprint density at radius 2 is 2.25 bits per heavy atom. The van der Waals surface area contributed by atoms with Crippen molar-refractivity contribution in [3.63, 3.8) is 0 Å². The molecule has 0 aliphatic carbocycles. The lowest BCUT2D eigenvalue weighted by molar-refractivity contribution is 0.199. The SMILES string of the molecule is C#CCN(CC)c1ccc(C(C)O)cc1Br. The number of terminal acetylenes is 1. The quantitative estimate of drug-likeness (QED) is 0.858. The zero-order valence-electron chi connectivity index (χ0n) is 9.57. The van der Waals surface area contributed by atoms with Crippen molar-refractivity contribution in [1.82, 2.24) is 0 Å². The molecule has 0 saturated carbocycles. The van der Waals surface area contributed by atoms with Gasteiger partial charge in [-0.15, -0.1) is 6.42 Å². The van der Waals surface area contributed by atoms with E-state index >= 15 is 0 Å². The van der Waals surface area contributed by atoms with Crippen LogP contribution in [-0.4, -0.2) is 18.2 Å². The summed E-state index contributed by atoms with van der Waals surface area (Å²) in [6.45, 7) is 5.26. The van der Waals surface area contributed by atoms with Crippen molar-refractivity contribution in [2.45, 2.75) is 20.0 Å². The van der Waals surface area contributed by atoms with Gasteiger partial charge in [-0.25, -0.2) is 0 Å². The van der Waals surface area contributed by atoms with Crippen LogP contribution < -0.4 is 4.90 Å². The van der Waals surface area contributed by atoms with E-state index in [4.69, 9.17) is 6.42 Å². The molecule has 0 bridgehead atoms. The molecule has 1 unspecified atom stereocenters. The molecule has 16 heavy (non-hydrogen) atoms. The molecule has 0 saturated heterocycles. The number of aliphatic hydroxyl groups excluding tert-OH is 1. The summed E-state index contributed by atoms with van der Waals surface area (Å²) in [4.78, 5) is 2.09. The van der Waals surface area contributed by atoms with E-state index in [0.717, 1.165) is 22.3 Å². The van der Waals surface area contributed by atoms with Crippen LogP contribution in [0.4, 0.5) is 5.69 Å². The first-order valence-corrected chi connectivity index (χ1v) is 6.05. The molecule has 0 aliphatic heterocycles. The van der Waals surface area contributed by atoms with Crippen molar-refractivity contribution in [2.24, 2.45) is 0 Å². The molecule has 0 heterocycles. The van der Waals surface area contributed by atoms with Crippen molar-refractivity contribution >= 4 is 21.6 Å². The van der Waals surface area contributed by atoms with Crippen molar-refractivity contribution < 1.29 is 5.11 Å². The van der Waals surface area contributed by atoms with Crippen LogP contribution in [0.2, 0.25) is 0 Å². The maximum atomic E-state index is 9.47. The Kier molecular flexibility index (Phi) is 4.85. The first kappa shape index (κ1) is 13.1. The smallest absolute Gasteiger partial charge is 0.0791 e. The molecule has 0 aliphatic rings. The molecular weight excluding hydrogens is 266 g/mol. The number of hydrogen-bond acceptors (Lipinski definition) is 2. The molecule has 1 aromatic rings. The average molecular weight is 282 g/mol. The van der Waals surface area contributed by atoms with Crippen LogP contribution >= 0.6 is 15.9 Å². The molecule has 1 atom stereocenters. The van der Waals surface area contributed by atoms with Gasteiger partial charge in [0.15, 0.2) is 0 Å². The zero-order chi connectivity index (χ0) is 12.1. The van der Waals surface area contributed by atoms with Gasteiger partial charge >= 0.3 is 0 Å². The van der Waals surface area contributed by atoms with Crippen LogP contribution in [0.1, 0.15) is 25.5 Å². The van der Waals surface area contributed by atoms with Crippen molar-refractivity contribution in [1.29, 1.82) is 0 Å². The number of anilines is 1. The van der Waals surface area contributed by atoms with Gasteiger partial charge in [-0.2, -0.15) is 0 Å². The molecule has 3 heteroatoms. The first-order valence-electron chi connectivity index (χ1n) is 5.26. The third-order valence-electron chi connectivity index (χ3n) is 2.46. The summed E-state index contributed by atoms with van der Waals surface area (Å²) in [7, 11) is 0. The van der Waals surface area contributed by atoms with E-state index in [1.807, 2.05) is 18.2 Å². The van der Waals surface area contributed by atoms with Gasteiger partial charge in [0.05, 0.1) is 18.3 Å². The van der Waals surface area contributed by atoms with E-state index < -0.39 is 6.10 Å². The van der Waals surface area contributed by atoms with Gasteiger partial charge in [0.25, 0.3) is 0 Å². The van der Waals surface area contributed by atoms with E-state index in [2.05, 4.69) is 33.7 Å². The van der Waals surface area contributed by atoms with Gasteiger partial charge in [-0.3, -0.25) is 0 Å². The molecule has 1 N–H and O–H groups in total. The van der Waals surface area contributed by atoms with Crippen LogP contribution in [0.15, 0.2) is 22.7 Å². The first-order chi connectivity index (χ1) is 7.60. The topological polar surface area (TPSA) is 23.5 Å². The number of hydrogen-bond donors (Lipinski definition) is 1. The fourth-order valence-electron chi connectivity index (χ4n) is 1.52. The van der Waals surface area contributed by atoms with E-state index in [0.29, 0.717) is 6.54 Å². The Morgan fingerprint density at radius 1 is 1.56 bits per heavy atom. The number of nitrogens with zero attached hydrogens (tertiary/aromatic N) is 1. The summed E-state index contributed by atoms with van der Waals surface area (Å²) in [5.41, 5.74) is 1.96. The lowest BCUT2D eigenvalue weighted by Gasteiger charge is -2.22. The monoisotopic (exact) mass is 281 g/mol. The fraction of sp³-hybridized carbons (Fsp3) is 0.385. The van der Waals surface area contributed by atoms with E-state index in [9.17, 15) is 5.11 Å². The summed E-state index contributed by atoms with van der Waals surface area (Å²) in [6.07, 6.45) is 4.87. The van der Waals surface area contributed by atoms with Crippen LogP contribution in [0, 0.1) is 12.3 Å². The average Bonchev–Trinajstić information content (AvgIpc) is 2.26. The molecule has 1 aromatic carbocycles. The zero-order valence-corrected chi connectivity index (χ0v) is 11.2. The Bertz CT molecular complexity index is 395. The van der Waals surface area contributed by atoms with E-state index in [1.54, 1.807) is 6.92 Å². The maximum Gasteiger partial charge on any atom is 0.0791 e. The molecule has 86 valence electrons. The highest BCUT2D eigenvalue weighted by Crippen LogP contribution is 2.29. The third kappa shape index (κ3) is 3.01. The highest BCUT2D eigenvalue weighted by Gasteiger charge is 2.09. The maximum absolute atomic E-state index is 9.47. The minimum absolute atomic E-state index is 0.451. The molecule has 0 spiro atoms. The second-order valence-corrected chi connectivity index (χ2v) is 4.46. The highest BCUT2D eigenvalue weighted by molar-refractivity contribution is 9.10. The Balaban J connectivity index is 3.02. The van der Waals surface area contributed by atoms with Gasteiger partial charge in [0.2, 0.25) is 0 Å². The largest absolute Gasteiger partial charge is 0.389 e. The molecule has 0 fully saturated rings.